The van der Waals surface area contributed by atoms with Crippen LogP contribution in [-0.4, -0.2) is 45.5 Å². The number of fused-ring (bicyclic) bond motifs is 2. The molecular weight excluding hydrogens is 458 g/mol. The third-order valence-corrected chi connectivity index (χ3v) is 6.50. The second kappa shape index (κ2) is 9.68. The van der Waals surface area contributed by atoms with Gasteiger partial charge in [0.2, 0.25) is 6.79 Å². The van der Waals surface area contributed by atoms with Crippen molar-refractivity contribution in [2.45, 2.75) is 45.8 Å². The van der Waals surface area contributed by atoms with Gasteiger partial charge in [0.05, 0.1) is 12.3 Å². The molecule has 10 heteroatoms. The molecule has 0 bridgehead atoms. The van der Waals surface area contributed by atoms with E-state index in [0.717, 1.165) is 55.4 Å². The summed E-state index contributed by atoms with van der Waals surface area (Å²) in [6.45, 7) is 7.55. The average molecular weight is 486 g/mol. The first-order valence-electron chi connectivity index (χ1n) is 11.5. The van der Waals surface area contributed by atoms with Gasteiger partial charge >= 0.3 is 0 Å². The number of hydrogen-bond acceptors (Lipinski definition) is 7. The SMILES string of the molecule is CC(C)CC(NC(=O)c1ccco1)c1nnc2n1CCN(Cc1cc3c(cc1Cl)OCO3)CC2. The first-order chi connectivity index (χ1) is 16.5. The summed E-state index contributed by atoms with van der Waals surface area (Å²) in [5, 5.41) is 12.7. The van der Waals surface area contributed by atoms with Crippen molar-refractivity contribution in [2.24, 2.45) is 5.92 Å². The number of amides is 1. The third kappa shape index (κ3) is 4.76. The van der Waals surface area contributed by atoms with Gasteiger partial charge in [0.25, 0.3) is 5.91 Å². The van der Waals surface area contributed by atoms with Gasteiger partial charge in [-0.2, -0.15) is 0 Å². The number of rotatable bonds is 7. The molecule has 1 unspecified atom stereocenters. The molecule has 2 aliphatic rings. The molecule has 0 fully saturated rings. The molecule has 0 saturated carbocycles. The van der Waals surface area contributed by atoms with Crippen LogP contribution in [0.5, 0.6) is 11.5 Å². The largest absolute Gasteiger partial charge is 0.459 e. The van der Waals surface area contributed by atoms with E-state index in [1.165, 1.54) is 6.26 Å². The molecule has 0 spiro atoms. The monoisotopic (exact) mass is 485 g/mol. The fourth-order valence-corrected chi connectivity index (χ4v) is 4.68. The van der Waals surface area contributed by atoms with E-state index in [-0.39, 0.29) is 24.5 Å². The maximum absolute atomic E-state index is 12.7. The summed E-state index contributed by atoms with van der Waals surface area (Å²) in [6, 6.07) is 6.89. The standard InChI is InChI=1S/C24H28ClN5O4/c1-15(2)10-18(26-24(31)19-4-3-9-32-19)23-28-27-22-5-6-29(7-8-30(22)23)13-16-11-20-21(12-17(16)25)34-14-33-20/h3-4,9,11-12,15,18H,5-8,10,13-14H2,1-2H3,(H,26,31). The fraction of sp³-hybridized carbons (Fsp3) is 0.458. The minimum atomic E-state index is -0.256. The number of furan rings is 1. The molecule has 2 aliphatic heterocycles. The molecule has 5 rings (SSSR count). The summed E-state index contributed by atoms with van der Waals surface area (Å²) < 4.78 is 18.4. The molecule has 1 atom stereocenters. The van der Waals surface area contributed by atoms with Crippen molar-refractivity contribution in [3.05, 3.63) is 58.5 Å². The summed E-state index contributed by atoms with van der Waals surface area (Å²) in [5.74, 6) is 3.54. The highest BCUT2D eigenvalue weighted by Crippen LogP contribution is 2.37. The van der Waals surface area contributed by atoms with Crippen LogP contribution in [0.3, 0.4) is 0 Å². The number of nitrogens with zero attached hydrogens (tertiary/aromatic N) is 4. The Hall–Kier alpha value is -3.04. The quantitative estimate of drug-likeness (QED) is 0.543. The van der Waals surface area contributed by atoms with E-state index >= 15 is 0 Å². The number of halogens is 1. The molecule has 1 N–H and O–H groups in total. The van der Waals surface area contributed by atoms with Crippen molar-refractivity contribution in [3.63, 3.8) is 0 Å². The number of ether oxygens (including phenoxy) is 2. The van der Waals surface area contributed by atoms with Gasteiger partial charge in [-0.1, -0.05) is 25.4 Å². The van der Waals surface area contributed by atoms with Gasteiger partial charge in [0.15, 0.2) is 23.1 Å². The predicted octanol–water partition coefficient (Wildman–Crippen LogP) is 3.83. The van der Waals surface area contributed by atoms with E-state index in [0.29, 0.717) is 23.2 Å². The Kier molecular flexibility index (Phi) is 6.47. The minimum absolute atomic E-state index is 0.226. The molecule has 0 radical (unpaired) electrons. The zero-order chi connectivity index (χ0) is 23.7. The topological polar surface area (TPSA) is 94.7 Å². The van der Waals surface area contributed by atoms with Crippen LogP contribution in [0, 0.1) is 5.92 Å². The van der Waals surface area contributed by atoms with Crippen molar-refractivity contribution < 1.29 is 18.7 Å². The van der Waals surface area contributed by atoms with Crippen LogP contribution < -0.4 is 14.8 Å². The summed E-state index contributed by atoms with van der Waals surface area (Å²) >= 11 is 6.50. The molecule has 1 amide bonds. The summed E-state index contributed by atoms with van der Waals surface area (Å²) in [7, 11) is 0. The smallest absolute Gasteiger partial charge is 0.287 e. The van der Waals surface area contributed by atoms with Gasteiger partial charge in [-0.25, -0.2) is 0 Å². The lowest BCUT2D eigenvalue weighted by Crippen LogP contribution is -2.32. The van der Waals surface area contributed by atoms with Crippen LogP contribution in [0.15, 0.2) is 34.9 Å². The number of hydrogen-bond donors (Lipinski definition) is 1. The zero-order valence-corrected chi connectivity index (χ0v) is 20.0. The molecular formula is C24H28ClN5O4. The predicted molar refractivity (Wildman–Crippen MR) is 125 cm³/mol. The van der Waals surface area contributed by atoms with Gasteiger partial charge in [0, 0.05) is 43.7 Å². The van der Waals surface area contributed by atoms with Crippen molar-refractivity contribution in [1.82, 2.24) is 25.0 Å². The van der Waals surface area contributed by atoms with E-state index in [4.69, 9.17) is 25.5 Å². The Bertz CT molecular complexity index is 1160. The van der Waals surface area contributed by atoms with Gasteiger partial charge in [-0.3, -0.25) is 9.69 Å². The molecule has 0 saturated heterocycles. The normalized spacial score (nSPS) is 16.4. The first kappa shape index (κ1) is 22.7. The van der Waals surface area contributed by atoms with E-state index in [9.17, 15) is 4.79 Å². The number of nitrogens with one attached hydrogen (secondary N) is 1. The number of benzene rings is 1. The fourth-order valence-electron chi connectivity index (χ4n) is 4.46. The highest BCUT2D eigenvalue weighted by molar-refractivity contribution is 6.31. The summed E-state index contributed by atoms with van der Waals surface area (Å²) in [5.41, 5.74) is 1.01. The lowest BCUT2D eigenvalue weighted by Gasteiger charge is -2.22. The van der Waals surface area contributed by atoms with Crippen LogP contribution >= 0.6 is 11.6 Å². The lowest BCUT2D eigenvalue weighted by molar-refractivity contribution is 0.0900. The van der Waals surface area contributed by atoms with E-state index < -0.39 is 0 Å². The van der Waals surface area contributed by atoms with Crippen molar-refractivity contribution in [3.8, 4) is 11.5 Å². The Morgan fingerprint density at radius 3 is 2.76 bits per heavy atom. The highest BCUT2D eigenvalue weighted by Gasteiger charge is 2.27. The van der Waals surface area contributed by atoms with Crippen molar-refractivity contribution in [1.29, 1.82) is 0 Å². The third-order valence-electron chi connectivity index (χ3n) is 6.15. The van der Waals surface area contributed by atoms with Crippen LogP contribution in [0.25, 0.3) is 0 Å². The van der Waals surface area contributed by atoms with Gasteiger partial charge in [-0.15, -0.1) is 10.2 Å². The second-order valence-electron chi connectivity index (χ2n) is 9.08. The van der Waals surface area contributed by atoms with Gasteiger partial charge in [0.1, 0.15) is 5.82 Å². The van der Waals surface area contributed by atoms with Gasteiger partial charge in [-0.05, 0) is 36.1 Å². The maximum Gasteiger partial charge on any atom is 0.287 e. The molecule has 34 heavy (non-hydrogen) atoms. The Morgan fingerprint density at radius 2 is 2.00 bits per heavy atom. The molecule has 0 aliphatic carbocycles. The molecule has 3 aromatic rings. The zero-order valence-electron chi connectivity index (χ0n) is 19.3. The minimum Gasteiger partial charge on any atom is -0.459 e. The molecule has 4 heterocycles. The van der Waals surface area contributed by atoms with Crippen LogP contribution in [0.4, 0.5) is 0 Å². The molecule has 1 aromatic carbocycles. The van der Waals surface area contributed by atoms with E-state index in [1.807, 2.05) is 12.1 Å². The molecule has 9 nitrogen and oxygen atoms in total. The first-order valence-corrected chi connectivity index (χ1v) is 11.9. The Morgan fingerprint density at radius 1 is 1.18 bits per heavy atom. The number of carbonyl (C=O) groups excluding carboxylic acids is 1. The summed E-state index contributed by atoms with van der Waals surface area (Å²) in [4.78, 5) is 15.0. The van der Waals surface area contributed by atoms with E-state index in [1.54, 1.807) is 12.1 Å². The Labute approximate surface area is 203 Å². The van der Waals surface area contributed by atoms with Crippen molar-refractivity contribution >= 4 is 17.5 Å². The second-order valence-corrected chi connectivity index (χ2v) is 9.49. The Balaban J connectivity index is 1.31. The van der Waals surface area contributed by atoms with Crippen molar-refractivity contribution in [2.75, 3.05) is 19.9 Å². The van der Waals surface area contributed by atoms with Crippen LogP contribution in [0.2, 0.25) is 5.02 Å². The van der Waals surface area contributed by atoms with Crippen LogP contribution in [0.1, 0.15) is 54.1 Å². The van der Waals surface area contributed by atoms with E-state index in [2.05, 4.69) is 38.8 Å². The number of carbonyl (C=O) groups is 1. The van der Waals surface area contributed by atoms with Gasteiger partial charge < -0.3 is 23.8 Å². The lowest BCUT2D eigenvalue weighted by atomic mass is 10.0. The molecule has 2 aromatic heterocycles. The number of aromatic nitrogens is 3. The average Bonchev–Trinajstić information content (AvgIpc) is 3.54. The van der Waals surface area contributed by atoms with Crippen LogP contribution in [-0.2, 0) is 19.5 Å². The molecule has 180 valence electrons. The summed E-state index contributed by atoms with van der Waals surface area (Å²) in [6.07, 6.45) is 3.01. The maximum atomic E-state index is 12.7. The highest BCUT2D eigenvalue weighted by atomic mass is 35.5.